The van der Waals surface area contributed by atoms with E-state index in [2.05, 4.69) is 5.92 Å². The predicted octanol–water partition coefficient (Wildman–Crippen LogP) is 1.72. The molecule has 0 aliphatic heterocycles. The van der Waals surface area contributed by atoms with Gasteiger partial charge in [0.1, 0.15) is 0 Å². The van der Waals surface area contributed by atoms with Gasteiger partial charge in [-0.25, -0.2) is 8.42 Å². The average molecular weight is 249 g/mol. The monoisotopic (exact) mass is 249 g/mol. The SMILES string of the molecule is C#CCN(CC1CC1)S(=O)(=O)c1ccccc1. The average Bonchev–Trinajstić information content (AvgIpc) is 3.14. The summed E-state index contributed by atoms with van der Waals surface area (Å²) in [7, 11) is -3.43. The second kappa shape index (κ2) is 4.91. The molecule has 3 nitrogen and oxygen atoms in total. The Morgan fingerprint density at radius 3 is 2.47 bits per heavy atom. The number of hydrogen-bond donors (Lipinski definition) is 0. The lowest BCUT2D eigenvalue weighted by atomic mass is 10.4. The number of hydrogen-bond acceptors (Lipinski definition) is 2. The van der Waals surface area contributed by atoms with Crippen molar-refractivity contribution in [3.63, 3.8) is 0 Å². The van der Waals surface area contributed by atoms with Gasteiger partial charge in [-0.05, 0) is 30.9 Å². The maximum absolute atomic E-state index is 12.3. The summed E-state index contributed by atoms with van der Waals surface area (Å²) >= 11 is 0. The van der Waals surface area contributed by atoms with Crippen LogP contribution in [0.4, 0.5) is 0 Å². The Morgan fingerprint density at radius 2 is 1.94 bits per heavy atom. The molecule has 0 saturated heterocycles. The molecule has 1 aromatic rings. The quantitative estimate of drug-likeness (QED) is 0.745. The first-order chi connectivity index (χ1) is 8.14. The fourth-order valence-electron chi connectivity index (χ4n) is 1.68. The van der Waals surface area contributed by atoms with Crippen LogP contribution in [0.2, 0.25) is 0 Å². The van der Waals surface area contributed by atoms with E-state index in [9.17, 15) is 8.42 Å². The van der Waals surface area contributed by atoms with E-state index < -0.39 is 10.0 Å². The van der Waals surface area contributed by atoms with Gasteiger partial charge < -0.3 is 0 Å². The molecule has 0 amide bonds. The fourth-order valence-corrected chi connectivity index (χ4v) is 3.13. The lowest BCUT2D eigenvalue weighted by molar-refractivity contribution is 0.430. The Balaban J connectivity index is 2.24. The number of terminal acetylenes is 1. The summed E-state index contributed by atoms with van der Waals surface area (Å²) in [5.74, 6) is 2.91. The maximum Gasteiger partial charge on any atom is 0.243 e. The van der Waals surface area contributed by atoms with Crippen LogP contribution in [-0.4, -0.2) is 25.8 Å². The van der Waals surface area contributed by atoms with E-state index in [4.69, 9.17) is 6.42 Å². The number of nitrogens with zero attached hydrogens (tertiary/aromatic N) is 1. The maximum atomic E-state index is 12.3. The highest BCUT2D eigenvalue weighted by molar-refractivity contribution is 7.89. The van der Waals surface area contributed by atoms with Crippen LogP contribution in [0.25, 0.3) is 0 Å². The van der Waals surface area contributed by atoms with Gasteiger partial charge in [-0.15, -0.1) is 6.42 Å². The van der Waals surface area contributed by atoms with Crippen molar-refractivity contribution in [3.05, 3.63) is 30.3 Å². The summed E-state index contributed by atoms with van der Waals surface area (Å²) in [4.78, 5) is 0.316. The minimum absolute atomic E-state index is 0.147. The molecular weight excluding hydrogens is 234 g/mol. The van der Waals surface area contributed by atoms with Crippen molar-refractivity contribution >= 4 is 10.0 Å². The Labute approximate surface area is 103 Å². The standard InChI is InChI=1S/C13H15NO2S/c1-2-10-14(11-12-8-9-12)17(15,16)13-6-4-3-5-7-13/h1,3-7,12H,8-11H2. The zero-order valence-corrected chi connectivity index (χ0v) is 10.4. The third kappa shape index (κ3) is 2.87. The van der Waals surface area contributed by atoms with Gasteiger partial charge in [0, 0.05) is 6.54 Å². The largest absolute Gasteiger partial charge is 0.243 e. The Kier molecular flexibility index (Phi) is 3.51. The summed E-state index contributed by atoms with van der Waals surface area (Å²) in [6.07, 6.45) is 7.45. The molecule has 4 heteroatoms. The normalized spacial score (nSPS) is 15.8. The molecule has 1 fully saturated rings. The molecule has 1 aliphatic carbocycles. The lowest BCUT2D eigenvalue weighted by Gasteiger charge is -2.19. The molecule has 1 aromatic carbocycles. The Hall–Kier alpha value is -1.31. The predicted molar refractivity (Wildman–Crippen MR) is 66.8 cm³/mol. The first kappa shape index (κ1) is 12.2. The van der Waals surface area contributed by atoms with Gasteiger partial charge in [0.2, 0.25) is 10.0 Å². The topological polar surface area (TPSA) is 37.4 Å². The van der Waals surface area contributed by atoms with Crippen molar-refractivity contribution in [2.45, 2.75) is 17.7 Å². The van der Waals surface area contributed by atoms with E-state index >= 15 is 0 Å². The van der Waals surface area contributed by atoms with Crippen molar-refractivity contribution in [1.82, 2.24) is 4.31 Å². The van der Waals surface area contributed by atoms with Crippen LogP contribution in [0.5, 0.6) is 0 Å². The third-order valence-corrected chi connectivity index (χ3v) is 4.63. The van der Waals surface area contributed by atoms with E-state index in [0.29, 0.717) is 17.4 Å². The Bertz CT molecular complexity index is 512. The van der Waals surface area contributed by atoms with Gasteiger partial charge >= 0.3 is 0 Å². The zero-order chi connectivity index (χ0) is 12.3. The number of rotatable bonds is 5. The van der Waals surface area contributed by atoms with Crippen LogP contribution in [0.1, 0.15) is 12.8 Å². The molecule has 1 saturated carbocycles. The van der Waals surface area contributed by atoms with Crippen molar-refractivity contribution < 1.29 is 8.42 Å². The van der Waals surface area contributed by atoms with Crippen molar-refractivity contribution in [1.29, 1.82) is 0 Å². The summed E-state index contributed by atoms with van der Waals surface area (Å²) in [6, 6.07) is 8.44. The summed E-state index contributed by atoms with van der Waals surface area (Å²) < 4.78 is 26.0. The number of benzene rings is 1. The lowest BCUT2D eigenvalue weighted by Crippen LogP contribution is -2.33. The first-order valence-electron chi connectivity index (χ1n) is 5.63. The van der Waals surface area contributed by atoms with Crippen LogP contribution in [0.3, 0.4) is 0 Å². The molecule has 0 N–H and O–H groups in total. The second-order valence-corrected chi connectivity index (χ2v) is 6.20. The molecule has 0 atom stereocenters. The molecule has 0 spiro atoms. The van der Waals surface area contributed by atoms with E-state index in [0.717, 1.165) is 12.8 Å². The van der Waals surface area contributed by atoms with Gasteiger partial charge in [-0.3, -0.25) is 0 Å². The molecule has 0 radical (unpaired) electrons. The molecule has 0 heterocycles. The smallest absolute Gasteiger partial charge is 0.207 e. The highest BCUT2D eigenvalue weighted by atomic mass is 32.2. The van der Waals surface area contributed by atoms with Gasteiger partial charge in [-0.2, -0.15) is 4.31 Å². The van der Waals surface area contributed by atoms with Crippen LogP contribution in [0, 0.1) is 18.3 Å². The third-order valence-electron chi connectivity index (χ3n) is 2.81. The van der Waals surface area contributed by atoms with Gasteiger partial charge in [0.25, 0.3) is 0 Å². The van der Waals surface area contributed by atoms with Crippen LogP contribution in [-0.2, 0) is 10.0 Å². The fraction of sp³-hybridized carbons (Fsp3) is 0.385. The highest BCUT2D eigenvalue weighted by Gasteiger charge is 2.30. The molecule has 90 valence electrons. The van der Waals surface area contributed by atoms with E-state index in [1.54, 1.807) is 30.3 Å². The van der Waals surface area contributed by atoms with Crippen molar-refractivity contribution in [3.8, 4) is 12.3 Å². The zero-order valence-electron chi connectivity index (χ0n) is 9.54. The molecule has 2 rings (SSSR count). The molecule has 0 bridgehead atoms. The highest BCUT2D eigenvalue weighted by Crippen LogP contribution is 2.31. The van der Waals surface area contributed by atoms with Gasteiger partial charge in [-0.1, -0.05) is 24.1 Å². The van der Waals surface area contributed by atoms with Crippen molar-refractivity contribution in [2.75, 3.05) is 13.1 Å². The van der Waals surface area contributed by atoms with E-state index in [-0.39, 0.29) is 6.54 Å². The van der Waals surface area contributed by atoms with Gasteiger partial charge in [0.15, 0.2) is 0 Å². The van der Waals surface area contributed by atoms with E-state index in [1.807, 2.05) is 0 Å². The summed E-state index contributed by atoms with van der Waals surface area (Å²) in [5.41, 5.74) is 0. The van der Waals surface area contributed by atoms with E-state index in [1.165, 1.54) is 4.31 Å². The van der Waals surface area contributed by atoms with Gasteiger partial charge in [0.05, 0.1) is 11.4 Å². The number of sulfonamides is 1. The molecular formula is C13H15NO2S. The molecule has 0 aromatic heterocycles. The van der Waals surface area contributed by atoms with Crippen molar-refractivity contribution in [2.24, 2.45) is 5.92 Å². The molecule has 17 heavy (non-hydrogen) atoms. The minimum Gasteiger partial charge on any atom is -0.207 e. The first-order valence-corrected chi connectivity index (χ1v) is 7.07. The van der Waals surface area contributed by atoms with Crippen LogP contribution < -0.4 is 0 Å². The van der Waals surface area contributed by atoms with Crippen LogP contribution in [0.15, 0.2) is 35.2 Å². The van der Waals surface area contributed by atoms with Crippen LogP contribution >= 0.6 is 0 Å². The minimum atomic E-state index is -3.43. The summed E-state index contributed by atoms with van der Waals surface area (Å²) in [6.45, 7) is 0.690. The summed E-state index contributed by atoms with van der Waals surface area (Å²) in [5, 5.41) is 0. The Morgan fingerprint density at radius 1 is 1.29 bits per heavy atom. The molecule has 0 unspecified atom stereocenters. The second-order valence-electron chi connectivity index (χ2n) is 4.26. The molecule has 1 aliphatic rings.